The van der Waals surface area contributed by atoms with E-state index in [0.29, 0.717) is 6.04 Å². The Morgan fingerprint density at radius 1 is 1.04 bits per heavy atom. The van der Waals surface area contributed by atoms with Gasteiger partial charge in [0.1, 0.15) is 0 Å². The van der Waals surface area contributed by atoms with Crippen LogP contribution in [0.2, 0.25) is 0 Å². The molecule has 1 saturated heterocycles. The van der Waals surface area contributed by atoms with Crippen LogP contribution in [0.25, 0.3) is 11.4 Å². The van der Waals surface area contributed by atoms with Crippen LogP contribution >= 0.6 is 0 Å². The smallest absolute Gasteiger partial charge is 0.321 e. The number of amides is 2. The van der Waals surface area contributed by atoms with Crippen LogP contribution in [0, 0.1) is 0 Å². The zero-order valence-electron chi connectivity index (χ0n) is 13.7. The van der Waals surface area contributed by atoms with Crippen molar-refractivity contribution in [3.63, 3.8) is 0 Å². The molecule has 2 fully saturated rings. The fourth-order valence-electron chi connectivity index (χ4n) is 3.13. The first-order valence-corrected chi connectivity index (χ1v) is 8.75. The summed E-state index contributed by atoms with van der Waals surface area (Å²) < 4.78 is 1.89. The third-order valence-corrected chi connectivity index (χ3v) is 4.67. The number of rotatable bonds is 3. The van der Waals surface area contributed by atoms with Crippen LogP contribution in [0.5, 0.6) is 0 Å². The lowest BCUT2D eigenvalue weighted by Gasteiger charge is -2.20. The molecular formula is C17H22N6O. The van der Waals surface area contributed by atoms with E-state index < -0.39 is 0 Å². The van der Waals surface area contributed by atoms with Crippen molar-refractivity contribution in [1.29, 1.82) is 0 Å². The van der Waals surface area contributed by atoms with E-state index in [-0.39, 0.29) is 6.03 Å². The molecule has 7 nitrogen and oxygen atoms in total. The fraction of sp³-hybridized carbons (Fsp3) is 0.529. The predicted octanol–water partition coefficient (Wildman–Crippen LogP) is 3.08. The van der Waals surface area contributed by atoms with E-state index in [1.165, 1.54) is 12.8 Å². The lowest BCUT2D eigenvalue weighted by molar-refractivity contribution is 0.214. The summed E-state index contributed by atoms with van der Waals surface area (Å²) in [6, 6.07) is 8.18. The van der Waals surface area contributed by atoms with Crippen molar-refractivity contribution in [1.82, 2.24) is 25.1 Å². The van der Waals surface area contributed by atoms with E-state index in [4.69, 9.17) is 0 Å². The van der Waals surface area contributed by atoms with Gasteiger partial charge in [-0.05, 0) is 60.4 Å². The normalized spacial score (nSPS) is 18.2. The van der Waals surface area contributed by atoms with Gasteiger partial charge in [-0.25, -0.2) is 9.48 Å². The molecule has 1 aromatic carbocycles. The lowest BCUT2D eigenvalue weighted by Crippen LogP contribution is -2.35. The molecule has 0 unspecified atom stereocenters. The maximum absolute atomic E-state index is 12.4. The van der Waals surface area contributed by atoms with E-state index >= 15 is 0 Å². The van der Waals surface area contributed by atoms with Gasteiger partial charge in [0, 0.05) is 24.3 Å². The van der Waals surface area contributed by atoms with Crippen molar-refractivity contribution in [2.75, 3.05) is 18.4 Å². The van der Waals surface area contributed by atoms with E-state index in [1.807, 2.05) is 33.8 Å². The van der Waals surface area contributed by atoms with Crippen LogP contribution in [-0.2, 0) is 0 Å². The number of tetrazole rings is 1. The monoisotopic (exact) mass is 326 g/mol. The fourth-order valence-corrected chi connectivity index (χ4v) is 3.13. The zero-order chi connectivity index (χ0) is 16.4. The average molecular weight is 326 g/mol. The Morgan fingerprint density at radius 2 is 1.75 bits per heavy atom. The Labute approximate surface area is 141 Å². The number of carbonyl (C=O) groups excluding carboxylic acids is 1. The molecule has 2 amide bonds. The van der Waals surface area contributed by atoms with Gasteiger partial charge in [-0.3, -0.25) is 0 Å². The number of carbonyl (C=O) groups is 1. The van der Waals surface area contributed by atoms with Crippen LogP contribution in [0.1, 0.15) is 44.6 Å². The molecule has 0 spiro atoms. The Bertz CT molecular complexity index is 698. The van der Waals surface area contributed by atoms with E-state index in [9.17, 15) is 4.79 Å². The highest BCUT2D eigenvalue weighted by Crippen LogP contribution is 2.36. The van der Waals surface area contributed by atoms with Crippen LogP contribution in [0.4, 0.5) is 10.5 Å². The minimum atomic E-state index is -0.00698. The van der Waals surface area contributed by atoms with Crippen molar-refractivity contribution in [2.24, 2.45) is 0 Å². The van der Waals surface area contributed by atoms with Crippen molar-refractivity contribution in [3.05, 3.63) is 24.3 Å². The number of nitrogens with zero attached hydrogens (tertiary/aromatic N) is 5. The first kappa shape index (κ1) is 15.1. The Kier molecular flexibility index (Phi) is 4.15. The molecule has 2 heterocycles. The summed E-state index contributed by atoms with van der Waals surface area (Å²) in [5.74, 6) is 0.794. The number of aromatic nitrogens is 4. The number of hydrogen-bond donors (Lipinski definition) is 1. The largest absolute Gasteiger partial charge is 0.325 e. The van der Waals surface area contributed by atoms with Crippen LogP contribution < -0.4 is 5.32 Å². The summed E-state index contributed by atoms with van der Waals surface area (Å²) >= 11 is 0. The van der Waals surface area contributed by atoms with Crippen molar-refractivity contribution in [2.45, 2.75) is 44.6 Å². The number of nitrogens with one attached hydrogen (secondary N) is 1. The zero-order valence-corrected chi connectivity index (χ0v) is 13.7. The molecule has 1 N–H and O–H groups in total. The van der Waals surface area contributed by atoms with Crippen molar-refractivity contribution < 1.29 is 4.79 Å². The molecule has 0 atom stereocenters. The van der Waals surface area contributed by atoms with Crippen LogP contribution in [0.15, 0.2) is 24.3 Å². The molecule has 24 heavy (non-hydrogen) atoms. The third-order valence-electron chi connectivity index (χ3n) is 4.67. The number of hydrogen-bond acceptors (Lipinski definition) is 4. The summed E-state index contributed by atoms with van der Waals surface area (Å²) in [5.41, 5.74) is 1.78. The van der Waals surface area contributed by atoms with Gasteiger partial charge < -0.3 is 10.2 Å². The molecule has 1 aromatic heterocycles. The maximum atomic E-state index is 12.4. The number of benzene rings is 1. The standard InChI is InChI=1S/C17H22N6O/c24-17(22-11-3-1-2-4-12-22)18-14-7-5-13(6-8-14)16-19-20-21-23(16)15-9-10-15/h5-8,15H,1-4,9-12H2,(H,18,24). The summed E-state index contributed by atoms with van der Waals surface area (Å²) in [5, 5.41) is 15.0. The Morgan fingerprint density at radius 3 is 2.42 bits per heavy atom. The second-order valence-electron chi connectivity index (χ2n) is 6.59. The molecule has 1 saturated carbocycles. The van der Waals surface area contributed by atoms with Gasteiger partial charge in [0.25, 0.3) is 0 Å². The maximum Gasteiger partial charge on any atom is 0.321 e. The molecule has 1 aliphatic carbocycles. The van der Waals surface area contributed by atoms with E-state index in [2.05, 4.69) is 20.8 Å². The van der Waals surface area contributed by atoms with Gasteiger partial charge in [-0.15, -0.1) is 5.10 Å². The Balaban J connectivity index is 1.43. The molecule has 126 valence electrons. The second kappa shape index (κ2) is 6.59. The molecule has 2 aromatic rings. The van der Waals surface area contributed by atoms with Crippen LogP contribution in [0.3, 0.4) is 0 Å². The quantitative estimate of drug-likeness (QED) is 0.940. The average Bonchev–Trinajstić information content (AvgIpc) is 3.39. The van der Waals surface area contributed by atoms with Crippen molar-refractivity contribution >= 4 is 11.7 Å². The molecule has 0 radical (unpaired) electrons. The van der Waals surface area contributed by atoms with Gasteiger partial charge in [0.2, 0.25) is 0 Å². The van der Waals surface area contributed by atoms with Gasteiger partial charge >= 0.3 is 6.03 Å². The lowest BCUT2D eigenvalue weighted by atomic mass is 10.2. The minimum absolute atomic E-state index is 0.00698. The van der Waals surface area contributed by atoms with E-state index in [0.717, 1.165) is 55.8 Å². The van der Waals surface area contributed by atoms with Gasteiger partial charge in [-0.1, -0.05) is 12.8 Å². The molecule has 7 heteroatoms. The highest BCUT2D eigenvalue weighted by molar-refractivity contribution is 5.89. The first-order chi connectivity index (χ1) is 11.8. The first-order valence-electron chi connectivity index (χ1n) is 8.75. The number of anilines is 1. The second-order valence-corrected chi connectivity index (χ2v) is 6.59. The molecule has 2 aliphatic rings. The molecule has 4 rings (SSSR count). The summed E-state index contributed by atoms with van der Waals surface area (Å²) in [4.78, 5) is 14.3. The molecule has 0 bridgehead atoms. The summed E-state index contributed by atoms with van der Waals surface area (Å²) in [7, 11) is 0. The topological polar surface area (TPSA) is 75.9 Å². The SMILES string of the molecule is O=C(Nc1ccc(-c2nnnn2C2CC2)cc1)N1CCCCCC1. The molecule has 1 aliphatic heterocycles. The van der Waals surface area contributed by atoms with E-state index in [1.54, 1.807) is 0 Å². The molecular weight excluding hydrogens is 304 g/mol. The summed E-state index contributed by atoms with van der Waals surface area (Å²) in [6.45, 7) is 1.69. The number of urea groups is 1. The minimum Gasteiger partial charge on any atom is -0.325 e. The summed E-state index contributed by atoms with van der Waals surface area (Å²) in [6.07, 6.45) is 6.90. The van der Waals surface area contributed by atoms with Crippen LogP contribution in [-0.4, -0.2) is 44.2 Å². The van der Waals surface area contributed by atoms with Crippen molar-refractivity contribution in [3.8, 4) is 11.4 Å². The highest BCUT2D eigenvalue weighted by Gasteiger charge is 2.28. The highest BCUT2D eigenvalue weighted by atomic mass is 16.2. The predicted molar refractivity (Wildman–Crippen MR) is 90.6 cm³/mol. The number of likely N-dealkylation sites (tertiary alicyclic amines) is 1. The van der Waals surface area contributed by atoms with Gasteiger partial charge in [0.15, 0.2) is 5.82 Å². The third kappa shape index (κ3) is 3.25. The Hall–Kier alpha value is -2.44. The van der Waals surface area contributed by atoms with Gasteiger partial charge in [-0.2, -0.15) is 0 Å². The van der Waals surface area contributed by atoms with Gasteiger partial charge in [0.05, 0.1) is 6.04 Å².